The van der Waals surface area contributed by atoms with Gasteiger partial charge in [-0.15, -0.1) is 12.6 Å². The fourth-order valence-corrected chi connectivity index (χ4v) is 4.19. The minimum Gasteiger partial charge on any atom is -0.381 e. The molecule has 122 valence electrons. The zero-order valence-corrected chi connectivity index (χ0v) is 14.5. The van der Waals surface area contributed by atoms with Crippen molar-refractivity contribution in [3.63, 3.8) is 0 Å². The number of rotatable bonds is 5. The zero-order valence-electron chi connectivity index (χ0n) is 12.7. The summed E-state index contributed by atoms with van der Waals surface area (Å²) in [6.07, 6.45) is 0. The largest absolute Gasteiger partial charge is 0.381 e. The number of hydrogen-bond acceptors (Lipinski definition) is 4. The van der Waals surface area contributed by atoms with E-state index in [-0.39, 0.29) is 5.75 Å². The van der Waals surface area contributed by atoms with Crippen LogP contribution in [0.4, 0.5) is 0 Å². The van der Waals surface area contributed by atoms with Gasteiger partial charge >= 0.3 is 10.1 Å². The van der Waals surface area contributed by atoms with Crippen LogP contribution in [0.25, 0.3) is 0 Å². The van der Waals surface area contributed by atoms with Gasteiger partial charge in [0.05, 0.1) is 0 Å². The molecule has 5 heteroatoms. The lowest BCUT2D eigenvalue weighted by Crippen LogP contribution is -2.35. The molecular weight excluding hydrogens is 340 g/mol. The van der Waals surface area contributed by atoms with Gasteiger partial charge in [-0.3, -0.25) is 0 Å². The van der Waals surface area contributed by atoms with Crippen molar-refractivity contribution in [2.24, 2.45) is 0 Å². The van der Waals surface area contributed by atoms with Crippen molar-refractivity contribution in [1.82, 2.24) is 0 Å². The van der Waals surface area contributed by atoms with Gasteiger partial charge in [0.1, 0.15) is 5.75 Å². The molecule has 0 bridgehead atoms. The highest BCUT2D eigenvalue weighted by atomic mass is 32.3. The topological polar surface area (TPSA) is 43.4 Å². The monoisotopic (exact) mass is 356 g/mol. The van der Waals surface area contributed by atoms with Crippen molar-refractivity contribution in [1.29, 1.82) is 0 Å². The standard InChI is InChI=1S/C19H16O3S2/c20-24(21,22-18-14-8-3-9-15-18)19(23,16-10-4-1-5-11-16)17-12-6-2-7-13-17/h1-15,23H. The highest BCUT2D eigenvalue weighted by Crippen LogP contribution is 2.42. The van der Waals surface area contributed by atoms with Gasteiger partial charge in [0.15, 0.2) is 0 Å². The van der Waals surface area contributed by atoms with Gasteiger partial charge in [0.25, 0.3) is 0 Å². The van der Waals surface area contributed by atoms with E-state index in [1.165, 1.54) is 0 Å². The molecule has 24 heavy (non-hydrogen) atoms. The van der Waals surface area contributed by atoms with Crippen molar-refractivity contribution in [3.8, 4) is 5.75 Å². The summed E-state index contributed by atoms with van der Waals surface area (Å²) < 4.78 is 30.0. The van der Waals surface area contributed by atoms with Crippen LogP contribution >= 0.6 is 12.6 Å². The SMILES string of the molecule is O=S(=O)(Oc1ccccc1)C(S)(c1ccccc1)c1ccccc1. The van der Waals surface area contributed by atoms with Gasteiger partial charge in [0.2, 0.25) is 4.08 Å². The maximum Gasteiger partial charge on any atom is 0.333 e. The van der Waals surface area contributed by atoms with E-state index in [4.69, 9.17) is 4.18 Å². The molecule has 0 aliphatic rings. The highest BCUT2D eigenvalue weighted by Gasteiger charge is 2.46. The first-order chi connectivity index (χ1) is 11.5. The third kappa shape index (κ3) is 3.05. The summed E-state index contributed by atoms with van der Waals surface area (Å²) in [5, 5.41) is 0. The minimum absolute atomic E-state index is 0.253. The van der Waals surface area contributed by atoms with Crippen LogP contribution in [0.2, 0.25) is 0 Å². The summed E-state index contributed by atoms with van der Waals surface area (Å²) in [6, 6.07) is 26.1. The summed E-state index contributed by atoms with van der Waals surface area (Å²) in [6.45, 7) is 0. The van der Waals surface area contributed by atoms with Gasteiger partial charge in [-0.25, -0.2) is 0 Å². The first kappa shape index (κ1) is 16.6. The van der Waals surface area contributed by atoms with Crippen LogP contribution in [0.1, 0.15) is 11.1 Å². The van der Waals surface area contributed by atoms with Crippen molar-refractivity contribution in [2.75, 3.05) is 0 Å². The lowest BCUT2D eigenvalue weighted by atomic mass is 10.0. The minimum atomic E-state index is -4.12. The number of benzene rings is 3. The molecule has 0 unspecified atom stereocenters. The molecule has 3 rings (SSSR count). The maximum absolute atomic E-state index is 13.1. The van der Waals surface area contributed by atoms with Crippen LogP contribution < -0.4 is 4.18 Å². The first-order valence-corrected chi connectivity index (χ1v) is 9.22. The molecule has 3 nitrogen and oxygen atoms in total. The molecular formula is C19H16O3S2. The maximum atomic E-state index is 13.1. The lowest BCUT2D eigenvalue weighted by molar-refractivity contribution is 0.474. The molecule has 3 aromatic rings. The molecule has 0 radical (unpaired) electrons. The normalized spacial score (nSPS) is 11.9. The van der Waals surface area contributed by atoms with Crippen LogP contribution in [-0.2, 0) is 14.2 Å². The summed E-state index contributed by atoms with van der Waals surface area (Å²) in [7, 11) is -4.12. The third-order valence-electron chi connectivity index (χ3n) is 3.64. The Morgan fingerprint density at radius 3 is 1.46 bits per heavy atom. The Kier molecular flexibility index (Phi) is 4.64. The van der Waals surface area contributed by atoms with Crippen molar-refractivity contribution < 1.29 is 12.6 Å². The lowest BCUT2D eigenvalue weighted by Gasteiger charge is -2.28. The first-order valence-electron chi connectivity index (χ1n) is 7.36. The summed E-state index contributed by atoms with van der Waals surface area (Å²) in [5.74, 6) is 0.253. The second kappa shape index (κ2) is 6.71. The molecule has 0 aliphatic carbocycles. The molecule has 3 aromatic carbocycles. The van der Waals surface area contributed by atoms with Gasteiger partial charge < -0.3 is 4.18 Å². The molecule has 0 atom stereocenters. The van der Waals surface area contributed by atoms with E-state index in [0.29, 0.717) is 11.1 Å². The molecule has 0 spiro atoms. The van der Waals surface area contributed by atoms with Crippen LogP contribution in [0.3, 0.4) is 0 Å². The van der Waals surface area contributed by atoms with E-state index in [0.717, 1.165) is 0 Å². The fraction of sp³-hybridized carbons (Fsp3) is 0.0526. The molecule has 0 fully saturated rings. The molecule has 0 aliphatic heterocycles. The predicted octanol–water partition coefficient (Wildman–Crippen LogP) is 4.23. The van der Waals surface area contributed by atoms with E-state index in [1.807, 2.05) is 12.1 Å². The average Bonchev–Trinajstić information content (AvgIpc) is 2.63. The molecule has 0 amide bonds. The Labute approximate surface area is 147 Å². The van der Waals surface area contributed by atoms with Gasteiger partial charge in [-0.05, 0) is 23.3 Å². The van der Waals surface area contributed by atoms with E-state index in [9.17, 15) is 8.42 Å². The smallest absolute Gasteiger partial charge is 0.333 e. The average molecular weight is 356 g/mol. The third-order valence-corrected chi connectivity index (χ3v) is 6.44. The van der Waals surface area contributed by atoms with E-state index >= 15 is 0 Å². The van der Waals surface area contributed by atoms with Crippen LogP contribution in [0.5, 0.6) is 5.75 Å². The molecule has 0 N–H and O–H groups in total. The van der Waals surface area contributed by atoms with Crippen molar-refractivity contribution in [2.45, 2.75) is 4.08 Å². The number of para-hydroxylation sites is 1. The van der Waals surface area contributed by atoms with Crippen molar-refractivity contribution in [3.05, 3.63) is 102 Å². The Morgan fingerprint density at radius 1 is 0.667 bits per heavy atom. The highest BCUT2D eigenvalue weighted by molar-refractivity contribution is 8.03. The fourth-order valence-electron chi connectivity index (χ4n) is 2.45. The second-order valence-corrected chi connectivity index (χ2v) is 7.89. The second-order valence-electron chi connectivity index (χ2n) is 5.23. The molecule has 0 heterocycles. The molecule has 0 saturated carbocycles. The predicted molar refractivity (Wildman–Crippen MR) is 98.6 cm³/mol. The summed E-state index contributed by atoms with van der Waals surface area (Å²) in [5.41, 5.74) is 1.05. The van der Waals surface area contributed by atoms with E-state index in [1.54, 1.807) is 78.9 Å². The van der Waals surface area contributed by atoms with Crippen LogP contribution in [0.15, 0.2) is 91.0 Å². The van der Waals surface area contributed by atoms with Gasteiger partial charge in [-0.2, -0.15) is 8.42 Å². The molecule has 0 aromatic heterocycles. The van der Waals surface area contributed by atoms with E-state index in [2.05, 4.69) is 12.6 Å². The Bertz CT molecular complexity index is 854. The van der Waals surface area contributed by atoms with Crippen LogP contribution in [0, 0.1) is 0 Å². The number of hydrogen-bond donors (Lipinski definition) is 1. The summed E-state index contributed by atoms with van der Waals surface area (Å²) >= 11 is 4.60. The van der Waals surface area contributed by atoms with E-state index < -0.39 is 14.2 Å². The van der Waals surface area contributed by atoms with Crippen LogP contribution in [-0.4, -0.2) is 8.42 Å². The van der Waals surface area contributed by atoms with Crippen molar-refractivity contribution >= 4 is 22.7 Å². The van der Waals surface area contributed by atoms with Gasteiger partial charge in [0, 0.05) is 0 Å². The Hall–Kier alpha value is -2.24. The molecule has 0 saturated heterocycles. The number of thiol groups is 1. The summed E-state index contributed by atoms with van der Waals surface area (Å²) in [4.78, 5) is 0. The Balaban J connectivity index is 2.15. The van der Waals surface area contributed by atoms with Gasteiger partial charge in [-0.1, -0.05) is 78.9 Å². The quantitative estimate of drug-likeness (QED) is 0.550. The zero-order chi connectivity index (χ0) is 17.0. The Morgan fingerprint density at radius 2 is 1.04 bits per heavy atom.